The molecule has 0 bridgehead atoms. The van der Waals surface area contributed by atoms with E-state index in [1.807, 2.05) is 37.4 Å². The van der Waals surface area contributed by atoms with Crippen LogP contribution in [0.5, 0.6) is 5.75 Å². The van der Waals surface area contributed by atoms with Gasteiger partial charge in [0.25, 0.3) is 5.91 Å². The molecule has 0 saturated heterocycles. The van der Waals surface area contributed by atoms with Gasteiger partial charge in [-0.05, 0) is 74.2 Å². The molecule has 0 fully saturated rings. The highest BCUT2D eigenvalue weighted by Gasteiger charge is 2.25. The Bertz CT molecular complexity index is 1050. The first-order valence-electron chi connectivity index (χ1n) is 9.93. The molecule has 0 aliphatic heterocycles. The van der Waals surface area contributed by atoms with Crippen molar-refractivity contribution in [2.75, 3.05) is 11.9 Å². The number of nitrogens with one attached hydrogen (secondary N) is 1. The van der Waals surface area contributed by atoms with E-state index in [0.29, 0.717) is 18.0 Å². The van der Waals surface area contributed by atoms with Crippen molar-refractivity contribution in [1.82, 2.24) is 0 Å². The van der Waals surface area contributed by atoms with Crippen LogP contribution in [0.2, 0.25) is 0 Å². The Labute approximate surface area is 179 Å². The minimum absolute atomic E-state index is 0.105. The molecule has 0 radical (unpaired) electrons. The first-order valence-corrected chi connectivity index (χ1v) is 11.6. The molecule has 1 amide bonds. The second-order valence-corrected chi connectivity index (χ2v) is 9.03. The van der Waals surface area contributed by atoms with Crippen molar-refractivity contribution in [2.45, 2.75) is 39.5 Å². The van der Waals surface area contributed by atoms with Crippen LogP contribution in [-0.4, -0.2) is 18.7 Å². The van der Waals surface area contributed by atoms with E-state index in [-0.39, 0.29) is 5.91 Å². The number of hydrogen-bond acceptors (Lipinski definition) is 5. The van der Waals surface area contributed by atoms with Crippen LogP contribution in [0.3, 0.4) is 0 Å². The molecule has 4 rings (SSSR count). The van der Waals surface area contributed by atoms with E-state index in [9.17, 15) is 4.79 Å². The Kier molecular flexibility index (Phi) is 6.11. The van der Waals surface area contributed by atoms with Crippen LogP contribution in [0.15, 0.2) is 40.7 Å². The molecule has 0 saturated carbocycles. The average molecular weight is 425 g/mol. The quantitative estimate of drug-likeness (QED) is 0.466. The molecule has 150 valence electrons. The van der Waals surface area contributed by atoms with Gasteiger partial charge in [-0.15, -0.1) is 22.7 Å². The minimum Gasteiger partial charge on any atom is -0.492 e. The third-order valence-electron chi connectivity index (χ3n) is 5.02. The highest BCUT2D eigenvalue weighted by atomic mass is 32.1. The maximum absolute atomic E-state index is 13.3. The number of rotatable bonds is 6. The number of thiophene rings is 2. The van der Waals surface area contributed by atoms with Gasteiger partial charge in [0.2, 0.25) is 0 Å². The number of hydrogen-bond donors (Lipinski definition) is 1. The Hall–Kier alpha value is -2.44. The Balaban J connectivity index is 1.68. The van der Waals surface area contributed by atoms with Gasteiger partial charge in [-0.3, -0.25) is 4.79 Å². The molecular formula is C23H24N2O2S2. The predicted octanol–water partition coefficient (Wildman–Crippen LogP) is 6.40. The maximum atomic E-state index is 13.3. The van der Waals surface area contributed by atoms with Crippen molar-refractivity contribution in [1.29, 1.82) is 0 Å². The first kappa shape index (κ1) is 19.9. The molecular weight excluding hydrogens is 400 g/mol. The smallest absolute Gasteiger partial charge is 0.259 e. The second kappa shape index (κ2) is 8.93. The maximum Gasteiger partial charge on any atom is 0.259 e. The summed E-state index contributed by atoms with van der Waals surface area (Å²) in [5.74, 6) is 0.582. The summed E-state index contributed by atoms with van der Waals surface area (Å²) in [4.78, 5) is 20.5. The molecule has 2 aromatic heterocycles. The number of para-hydroxylation sites is 2. The zero-order valence-corrected chi connectivity index (χ0v) is 18.3. The fourth-order valence-corrected chi connectivity index (χ4v) is 5.56. The molecule has 1 aliphatic carbocycles. The second-order valence-electron chi connectivity index (χ2n) is 7.00. The van der Waals surface area contributed by atoms with Crippen molar-refractivity contribution in [2.24, 2.45) is 4.99 Å². The van der Waals surface area contributed by atoms with Crippen LogP contribution in [0.1, 0.15) is 51.0 Å². The standard InChI is InChI=1S/C23H24N2O2S2/c1-3-27-18-10-6-5-9-17(18)25-22(26)21-16-8-4-7-11-19(16)29-23(21)24-14-20-15(2)12-13-28-20/h5-6,9-10,12-14H,3-4,7-8,11H2,1-2H3,(H,25,26). The first-order chi connectivity index (χ1) is 14.2. The number of aryl methyl sites for hydroxylation is 2. The number of anilines is 1. The lowest BCUT2D eigenvalue weighted by molar-refractivity contribution is 0.102. The number of ether oxygens (including phenoxy) is 1. The average Bonchev–Trinajstić information content (AvgIpc) is 3.30. The molecule has 29 heavy (non-hydrogen) atoms. The molecule has 6 heteroatoms. The molecule has 4 nitrogen and oxygen atoms in total. The summed E-state index contributed by atoms with van der Waals surface area (Å²) in [6.45, 7) is 4.57. The number of carbonyl (C=O) groups excluding carboxylic acids is 1. The number of aliphatic imine (C=N–C) groups is 1. The largest absolute Gasteiger partial charge is 0.492 e. The van der Waals surface area contributed by atoms with Gasteiger partial charge in [-0.25, -0.2) is 4.99 Å². The fourth-order valence-electron chi connectivity index (χ4n) is 3.55. The van der Waals surface area contributed by atoms with Gasteiger partial charge >= 0.3 is 0 Å². The molecule has 0 unspecified atom stereocenters. The number of benzene rings is 1. The number of fused-ring (bicyclic) bond motifs is 1. The van der Waals surface area contributed by atoms with Gasteiger partial charge in [0, 0.05) is 16.0 Å². The van der Waals surface area contributed by atoms with Crippen molar-refractivity contribution < 1.29 is 9.53 Å². The van der Waals surface area contributed by atoms with Gasteiger partial charge in [0.1, 0.15) is 10.8 Å². The van der Waals surface area contributed by atoms with Gasteiger partial charge < -0.3 is 10.1 Å². The van der Waals surface area contributed by atoms with Crippen LogP contribution in [0.4, 0.5) is 10.7 Å². The van der Waals surface area contributed by atoms with Gasteiger partial charge in [-0.1, -0.05) is 12.1 Å². The van der Waals surface area contributed by atoms with Crippen LogP contribution in [0, 0.1) is 6.92 Å². The highest BCUT2D eigenvalue weighted by Crippen LogP contribution is 2.40. The van der Waals surface area contributed by atoms with Crippen LogP contribution >= 0.6 is 22.7 Å². The highest BCUT2D eigenvalue weighted by molar-refractivity contribution is 7.16. The van der Waals surface area contributed by atoms with E-state index < -0.39 is 0 Å². The van der Waals surface area contributed by atoms with E-state index in [1.165, 1.54) is 22.4 Å². The summed E-state index contributed by atoms with van der Waals surface area (Å²) >= 11 is 3.32. The van der Waals surface area contributed by atoms with Crippen molar-refractivity contribution >= 4 is 45.5 Å². The summed E-state index contributed by atoms with van der Waals surface area (Å²) in [7, 11) is 0. The van der Waals surface area contributed by atoms with E-state index in [1.54, 1.807) is 22.7 Å². The normalized spacial score (nSPS) is 13.4. The monoisotopic (exact) mass is 424 g/mol. The summed E-state index contributed by atoms with van der Waals surface area (Å²) in [5.41, 5.74) is 3.79. The zero-order chi connectivity index (χ0) is 20.2. The lowest BCUT2D eigenvalue weighted by Crippen LogP contribution is -2.15. The van der Waals surface area contributed by atoms with E-state index in [4.69, 9.17) is 9.73 Å². The minimum atomic E-state index is -0.105. The Morgan fingerprint density at radius 1 is 1.24 bits per heavy atom. The molecule has 0 atom stereocenters. The van der Waals surface area contributed by atoms with Gasteiger partial charge in [0.15, 0.2) is 0 Å². The van der Waals surface area contributed by atoms with Crippen molar-refractivity contribution in [3.63, 3.8) is 0 Å². The van der Waals surface area contributed by atoms with Crippen LogP contribution < -0.4 is 10.1 Å². The third kappa shape index (κ3) is 4.28. The SMILES string of the molecule is CCOc1ccccc1NC(=O)c1c(N=Cc2sccc2C)sc2c1CCCC2. The zero-order valence-electron chi connectivity index (χ0n) is 16.7. The number of amides is 1. The Morgan fingerprint density at radius 3 is 2.86 bits per heavy atom. The van der Waals surface area contributed by atoms with Crippen LogP contribution in [-0.2, 0) is 12.8 Å². The van der Waals surface area contributed by atoms with Gasteiger partial charge in [-0.2, -0.15) is 0 Å². The summed E-state index contributed by atoms with van der Waals surface area (Å²) in [5, 5.41) is 5.93. The molecule has 2 heterocycles. The topological polar surface area (TPSA) is 50.7 Å². The Morgan fingerprint density at radius 2 is 2.07 bits per heavy atom. The van der Waals surface area contributed by atoms with E-state index in [2.05, 4.69) is 23.7 Å². The number of nitrogens with zero attached hydrogens (tertiary/aromatic N) is 1. The lowest BCUT2D eigenvalue weighted by Gasteiger charge is -2.14. The number of carbonyl (C=O) groups is 1. The fraction of sp³-hybridized carbons (Fsp3) is 0.304. The summed E-state index contributed by atoms with van der Waals surface area (Å²) < 4.78 is 5.67. The predicted molar refractivity (Wildman–Crippen MR) is 123 cm³/mol. The third-order valence-corrected chi connectivity index (χ3v) is 7.17. The molecule has 1 N–H and O–H groups in total. The summed E-state index contributed by atoms with van der Waals surface area (Å²) in [6.07, 6.45) is 6.16. The molecule has 1 aromatic carbocycles. The van der Waals surface area contributed by atoms with E-state index >= 15 is 0 Å². The van der Waals surface area contributed by atoms with E-state index in [0.717, 1.165) is 34.7 Å². The van der Waals surface area contributed by atoms with Gasteiger partial charge in [0.05, 0.1) is 17.9 Å². The molecule has 3 aromatic rings. The van der Waals surface area contributed by atoms with Crippen molar-refractivity contribution in [3.8, 4) is 5.75 Å². The lowest BCUT2D eigenvalue weighted by atomic mass is 9.95. The summed E-state index contributed by atoms with van der Waals surface area (Å²) in [6, 6.07) is 9.65. The molecule has 0 spiro atoms. The van der Waals surface area contributed by atoms with Crippen molar-refractivity contribution in [3.05, 3.63) is 62.2 Å². The van der Waals surface area contributed by atoms with Crippen LogP contribution in [0.25, 0.3) is 0 Å². The molecule has 1 aliphatic rings.